The number of aliphatic hydroxyl groups excluding tert-OH is 1. The Bertz CT molecular complexity index is 1670. The summed E-state index contributed by atoms with van der Waals surface area (Å²) in [6.07, 6.45) is -3.11. The number of phosphoric ester groups is 1. The smallest absolute Gasteiger partial charge is 0.490 e. The number of aliphatic hydroxyl groups is 1. The van der Waals surface area contributed by atoms with E-state index >= 15 is 0 Å². The van der Waals surface area contributed by atoms with E-state index in [9.17, 15) is 38.2 Å². The van der Waals surface area contributed by atoms with Gasteiger partial charge in [-0.05, 0) is 0 Å². The summed E-state index contributed by atoms with van der Waals surface area (Å²) in [7, 11) is -13.9. The summed E-state index contributed by atoms with van der Waals surface area (Å²) < 4.78 is 63.6. The van der Waals surface area contributed by atoms with Gasteiger partial charge in [-0.25, -0.2) is 23.5 Å². The second kappa shape index (κ2) is 11.8. The molecule has 3 aromatic rings. The van der Waals surface area contributed by atoms with E-state index in [1.165, 1.54) is 14.2 Å². The van der Waals surface area contributed by atoms with E-state index < -0.39 is 59.8 Å². The summed E-state index contributed by atoms with van der Waals surface area (Å²) in [5.74, 6) is 0.843. The van der Waals surface area contributed by atoms with Crippen LogP contribution in [0.15, 0.2) is 27.9 Å². The average Bonchev–Trinajstić information content (AvgIpc) is 3.42. The molecule has 3 heterocycles. The molecular formula is C18H22N3O16P3S. The lowest BCUT2D eigenvalue weighted by Crippen LogP contribution is -2.33. The maximum atomic E-state index is 12.6. The molecule has 19 nitrogen and oxygen atoms in total. The third-order valence-corrected chi connectivity index (χ3v) is 10.3. The van der Waals surface area contributed by atoms with Crippen LogP contribution in [-0.2, 0) is 31.6 Å². The number of nitrogens with one attached hydrogen (secondary N) is 1. The van der Waals surface area contributed by atoms with Gasteiger partial charge in [-0.1, -0.05) is 0 Å². The monoisotopic (exact) mass is 661 g/mol. The number of ether oxygens (including phenoxy) is 3. The number of aromatic nitrogens is 3. The molecule has 0 aliphatic carbocycles. The summed E-state index contributed by atoms with van der Waals surface area (Å²) in [6, 6.07) is 3.27. The van der Waals surface area contributed by atoms with Crippen LogP contribution in [0.5, 0.6) is 11.5 Å². The van der Waals surface area contributed by atoms with Gasteiger partial charge in [0.15, 0.2) is 11.5 Å². The Kier molecular flexibility index (Phi) is 9.09. The van der Waals surface area contributed by atoms with Crippen molar-refractivity contribution in [3.8, 4) is 22.1 Å². The zero-order valence-corrected chi connectivity index (χ0v) is 24.2. The second-order valence-corrected chi connectivity index (χ2v) is 13.7. The number of benzene rings is 1. The Morgan fingerprint density at radius 1 is 1.07 bits per heavy atom. The predicted octanol–water partition coefficient (Wildman–Crippen LogP) is 0.822. The van der Waals surface area contributed by atoms with Crippen molar-refractivity contribution < 1.29 is 65.7 Å². The molecule has 4 rings (SSSR count). The molecular weight excluding hydrogens is 639 g/mol. The normalized spacial score (nSPS) is 22.4. The fourth-order valence-electron chi connectivity index (χ4n) is 3.73. The van der Waals surface area contributed by atoms with Crippen molar-refractivity contribution in [2.45, 2.75) is 24.9 Å². The zero-order chi connectivity index (χ0) is 30.3. The van der Waals surface area contributed by atoms with Crippen LogP contribution in [0.25, 0.3) is 20.8 Å². The van der Waals surface area contributed by atoms with E-state index in [0.29, 0.717) is 21.7 Å². The highest BCUT2D eigenvalue weighted by Crippen LogP contribution is 2.66. The molecule has 0 spiro atoms. The molecule has 2 aromatic heterocycles. The number of nitrogens with zero attached hydrogens (tertiary/aromatic N) is 2. The standard InChI is InChI=1S/C18H22N3O16P3S/c1-32-11-3-9-14(5-12(11)33-2)41-17(19-9)8-6-21(18(24)20-16(8)23)15-4-10(22)13(35-15)7-34-39(28,29)37-40(30,31)36-38(25,26)27/h3,5-6,10,13,15,22H,4,7H2,1-2H3,(H,28,29)(H,30,31)(H,20,23,24)(H2,25,26,27)/t10-,13+,15+/m0/s1. The number of rotatable bonds is 11. The highest BCUT2D eigenvalue weighted by atomic mass is 32.1. The van der Waals surface area contributed by atoms with Crippen molar-refractivity contribution >= 4 is 45.0 Å². The molecule has 226 valence electrons. The minimum absolute atomic E-state index is 0.0152. The molecule has 1 fully saturated rings. The zero-order valence-electron chi connectivity index (χ0n) is 20.7. The Hall–Kier alpha value is -2.28. The summed E-state index contributed by atoms with van der Waals surface area (Å²) in [6.45, 7) is -0.937. The predicted molar refractivity (Wildman–Crippen MR) is 137 cm³/mol. The first-order chi connectivity index (χ1) is 19.0. The van der Waals surface area contributed by atoms with Crippen LogP contribution in [0.3, 0.4) is 0 Å². The van der Waals surface area contributed by atoms with Gasteiger partial charge in [0.1, 0.15) is 17.3 Å². The maximum Gasteiger partial charge on any atom is 0.490 e. The summed E-state index contributed by atoms with van der Waals surface area (Å²) in [5, 5.41) is 10.6. The molecule has 1 aliphatic rings. The van der Waals surface area contributed by atoms with Crippen LogP contribution in [0.2, 0.25) is 0 Å². The highest BCUT2D eigenvalue weighted by molar-refractivity contribution is 7.66. The van der Waals surface area contributed by atoms with Crippen LogP contribution >= 0.6 is 34.8 Å². The Labute approximate surface area is 232 Å². The van der Waals surface area contributed by atoms with Crippen molar-refractivity contribution in [2.75, 3.05) is 20.8 Å². The molecule has 41 heavy (non-hydrogen) atoms. The van der Waals surface area contributed by atoms with Gasteiger partial charge in [-0.2, -0.15) is 8.62 Å². The molecule has 0 bridgehead atoms. The van der Waals surface area contributed by atoms with Gasteiger partial charge < -0.3 is 38.9 Å². The quantitative estimate of drug-likeness (QED) is 0.155. The lowest BCUT2D eigenvalue weighted by Gasteiger charge is -2.19. The molecule has 0 saturated carbocycles. The van der Waals surface area contributed by atoms with Gasteiger partial charge in [0.2, 0.25) is 0 Å². The number of aromatic amines is 1. The van der Waals surface area contributed by atoms with Gasteiger partial charge in [0.05, 0.1) is 42.7 Å². The van der Waals surface area contributed by atoms with Crippen molar-refractivity contribution in [2.24, 2.45) is 0 Å². The van der Waals surface area contributed by atoms with Gasteiger partial charge in [0.25, 0.3) is 5.56 Å². The SMILES string of the molecule is COc1cc2nc(-c3cn([C@H]4C[C@H](O)[C@@H](COP(=O)(O)OP(=O)(O)OP(=O)(O)O)O4)c(=O)[nH]c3=O)sc2cc1OC. The van der Waals surface area contributed by atoms with Gasteiger partial charge >= 0.3 is 29.2 Å². The molecule has 1 aromatic carbocycles. The van der Waals surface area contributed by atoms with E-state index in [0.717, 1.165) is 22.1 Å². The van der Waals surface area contributed by atoms with E-state index in [-0.39, 0.29) is 17.0 Å². The van der Waals surface area contributed by atoms with Crippen molar-refractivity contribution in [3.05, 3.63) is 39.2 Å². The Morgan fingerprint density at radius 2 is 1.73 bits per heavy atom. The van der Waals surface area contributed by atoms with Crippen LogP contribution in [-0.4, -0.2) is 72.2 Å². The molecule has 6 N–H and O–H groups in total. The molecule has 1 saturated heterocycles. The molecule has 23 heteroatoms. The third-order valence-electron chi connectivity index (χ3n) is 5.42. The molecule has 0 radical (unpaired) electrons. The first-order valence-electron chi connectivity index (χ1n) is 11.0. The number of fused-ring (bicyclic) bond motifs is 1. The molecule has 2 unspecified atom stereocenters. The Balaban J connectivity index is 1.53. The summed E-state index contributed by atoms with van der Waals surface area (Å²) in [4.78, 5) is 67.8. The Morgan fingerprint density at radius 3 is 2.37 bits per heavy atom. The number of thiazole rings is 1. The number of hydrogen-bond acceptors (Lipinski definition) is 14. The van der Waals surface area contributed by atoms with Crippen molar-refractivity contribution in [1.82, 2.24) is 14.5 Å². The first kappa shape index (κ1) is 31.7. The van der Waals surface area contributed by atoms with Crippen LogP contribution in [0.4, 0.5) is 0 Å². The lowest BCUT2D eigenvalue weighted by atomic mass is 10.2. The topological polar surface area (TPSA) is 275 Å². The first-order valence-corrected chi connectivity index (χ1v) is 16.3. The minimum atomic E-state index is -5.74. The van der Waals surface area contributed by atoms with E-state index in [4.69, 9.17) is 24.0 Å². The number of phosphoric acid groups is 3. The van der Waals surface area contributed by atoms with E-state index in [1.54, 1.807) is 12.1 Å². The van der Waals surface area contributed by atoms with Crippen molar-refractivity contribution in [3.63, 3.8) is 0 Å². The molecule has 1 aliphatic heterocycles. The van der Waals surface area contributed by atoms with Crippen LogP contribution in [0, 0.1) is 0 Å². The van der Waals surface area contributed by atoms with Crippen LogP contribution in [0.1, 0.15) is 12.6 Å². The number of H-pyrrole nitrogens is 1. The average molecular weight is 661 g/mol. The summed E-state index contributed by atoms with van der Waals surface area (Å²) >= 11 is 1.12. The lowest BCUT2D eigenvalue weighted by molar-refractivity contribution is -0.0449. The molecule has 5 atom stereocenters. The van der Waals surface area contributed by atoms with Gasteiger partial charge in [-0.3, -0.25) is 18.9 Å². The van der Waals surface area contributed by atoms with Gasteiger partial charge in [0, 0.05) is 24.8 Å². The molecule has 0 amide bonds. The van der Waals surface area contributed by atoms with Crippen LogP contribution < -0.4 is 20.7 Å². The third kappa shape index (κ3) is 7.57. The van der Waals surface area contributed by atoms with E-state index in [2.05, 4.69) is 23.1 Å². The number of hydrogen-bond donors (Lipinski definition) is 6. The number of methoxy groups -OCH3 is 2. The second-order valence-electron chi connectivity index (χ2n) is 8.22. The minimum Gasteiger partial charge on any atom is -0.493 e. The van der Waals surface area contributed by atoms with Gasteiger partial charge in [-0.15, -0.1) is 11.3 Å². The van der Waals surface area contributed by atoms with E-state index in [1.807, 2.05) is 0 Å². The highest BCUT2D eigenvalue weighted by Gasteiger charge is 2.43. The van der Waals surface area contributed by atoms with Crippen molar-refractivity contribution in [1.29, 1.82) is 0 Å². The fourth-order valence-corrected chi connectivity index (χ4v) is 7.74. The fraction of sp³-hybridized carbons (Fsp3) is 0.389. The summed E-state index contributed by atoms with van der Waals surface area (Å²) in [5.41, 5.74) is -1.20. The largest absolute Gasteiger partial charge is 0.493 e. The maximum absolute atomic E-state index is 12.6.